The molecule has 3 N–H and O–H groups in total. The topological polar surface area (TPSA) is 46.2 Å². The molecule has 0 unspecified atom stereocenters. The molecule has 1 aromatic carbocycles. The van der Waals surface area contributed by atoms with E-state index in [0.29, 0.717) is 11.3 Å². The van der Waals surface area contributed by atoms with Crippen LogP contribution in [0.2, 0.25) is 0 Å². The van der Waals surface area contributed by atoms with Crippen LogP contribution in [0.25, 0.3) is 5.76 Å². The molecule has 0 amide bonds. The fraction of sp³-hybridized carbons (Fsp3) is 0.111. The lowest BCUT2D eigenvalue weighted by molar-refractivity contribution is 0.513. The van der Waals surface area contributed by atoms with E-state index in [1.165, 1.54) is 0 Å². The minimum atomic E-state index is 0.0646. The van der Waals surface area contributed by atoms with Gasteiger partial charge in [-0.25, -0.2) is 0 Å². The van der Waals surface area contributed by atoms with Crippen LogP contribution in [0, 0.1) is 6.92 Å². The van der Waals surface area contributed by atoms with E-state index >= 15 is 0 Å². The maximum absolute atomic E-state index is 9.08. The molecular formula is C9H11NO. The molecule has 58 valence electrons. The predicted molar refractivity (Wildman–Crippen MR) is 47.3 cm³/mol. The van der Waals surface area contributed by atoms with Gasteiger partial charge in [0.25, 0.3) is 0 Å². The van der Waals surface area contributed by atoms with Crippen LogP contribution in [0.4, 0.5) is 5.69 Å². The van der Waals surface area contributed by atoms with Crippen LogP contribution < -0.4 is 5.73 Å². The van der Waals surface area contributed by atoms with Gasteiger partial charge in [-0.1, -0.05) is 18.7 Å². The molecule has 0 heterocycles. The Hall–Kier alpha value is -1.44. The molecule has 0 saturated heterocycles. The first-order valence-electron chi connectivity index (χ1n) is 3.36. The zero-order chi connectivity index (χ0) is 8.43. The molecular weight excluding hydrogens is 138 g/mol. The molecule has 0 bridgehead atoms. The average Bonchev–Trinajstić information content (AvgIpc) is 1.94. The van der Waals surface area contributed by atoms with Gasteiger partial charge in [0, 0.05) is 11.3 Å². The van der Waals surface area contributed by atoms with E-state index in [0.717, 1.165) is 5.56 Å². The largest absolute Gasteiger partial charge is 0.508 e. The van der Waals surface area contributed by atoms with Crippen molar-refractivity contribution in [2.45, 2.75) is 6.92 Å². The number of rotatable bonds is 1. The number of benzene rings is 1. The zero-order valence-corrected chi connectivity index (χ0v) is 6.46. The Morgan fingerprint density at radius 3 is 2.64 bits per heavy atom. The van der Waals surface area contributed by atoms with Gasteiger partial charge in [0.2, 0.25) is 0 Å². The normalized spacial score (nSPS) is 9.55. The minimum Gasteiger partial charge on any atom is -0.508 e. The Bertz CT molecular complexity index is 292. The van der Waals surface area contributed by atoms with Crippen molar-refractivity contribution < 1.29 is 5.11 Å². The van der Waals surface area contributed by atoms with Crippen molar-refractivity contribution >= 4 is 11.4 Å². The monoisotopic (exact) mass is 149 g/mol. The lowest BCUT2D eigenvalue weighted by Gasteiger charge is -2.05. The van der Waals surface area contributed by atoms with Crippen LogP contribution in [0.5, 0.6) is 0 Å². The van der Waals surface area contributed by atoms with Gasteiger partial charge >= 0.3 is 0 Å². The summed E-state index contributed by atoms with van der Waals surface area (Å²) in [5.41, 5.74) is 7.87. The van der Waals surface area contributed by atoms with Gasteiger partial charge < -0.3 is 10.8 Å². The fourth-order valence-electron chi connectivity index (χ4n) is 0.966. The summed E-state index contributed by atoms with van der Waals surface area (Å²) < 4.78 is 0. The Labute approximate surface area is 66.0 Å². The van der Waals surface area contributed by atoms with Gasteiger partial charge in [0.05, 0.1) is 0 Å². The molecule has 0 radical (unpaired) electrons. The molecule has 0 aliphatic rings. The van der Waals surface area contributed by atoms with Crippen LogP contribution in [-0.2, 0) is 0 Å². The molecule has 0 fully saturated rings. The number of nitrogens with two attached hydrogens (primary N) is 1. The molecule has 0 atom stereocenters. The summed E-state index contributed by atoms with van der Waals surface area (Å²) in [5, 5.41) is 9.08. The van der Waals surface area contributed by atoms with E-state index in [4.69, 9.17) is 10.8 Å². The highest BCUT2D eigenvalue weighted by Gasteiger charge is 2.01. The van der Waals surface area contributed by atoms with Crippen molar-refractivity contribution in [2.24, 2.45) is 0 Å². The standard InChI is InChI=1S/C9H11NO/c1-6-8(7(2)11)4-3-5-9(6)10/h3-5,11H,2,10H2,1H3. The van der Waals surface area contributed by atoms with E-state index in [1.807, 2.05) is 6.92 Å². The van der Waals surface area contributed by atoms with Crippen molar-refractivity contribution in [3.63, 3.8) is 0 Å². The summed E-state index contributed by atoms with van der Waals surface area (Å²) in [6, 6.07) is 5.37. The lowest BCUT2D eigenvalue weighted by Crippen LogP contribution is -1.93. The zero-order valence-electron chi connectivity index (χ0n) is 6.46. The van der Waals surface area contributed by atoms with Gasteiger partial charge in [0.15, 0.2) is 0 Å². The van der Waals surface area contributed by atoms with Crippen molar-refractivity contribution in [3.05, 3.63) is 35.9 Å². The van der Waals surface area contributed by atoms with E-state index < -0.39 is 0 Å². The summed E-state index contributed by atoms with van der Waals surface area (Å²) in [4.78, 5) is 0. The van der Waals surface area contributed by atoms with Gasteiger partial charge in [-0.15, -0.1) is 0 Å². The quantitative estimate of drug-likeness (QED) is 0.474. The molecule has 0 spiro atoms. The minimum absolute atomic E-state index is 0.0646. The first kappa shape index (κ1) is 7.66. The van der Waals surface area contributed by atoms with Crippen molar-refractivity contribution in [3.8, 4) is 0 Å². The number of hydrogen-bond acceptors (Lipinski definition) is 2. The number of aliphatic hydroxyl groups excluding tert-OH is 1. The van der Waals surface area contributed by atoms with E-state index in [2.05, 4.69) is 6.58 Å². The van der Waals surface area contributed by atoms with Crippen LogP contribution in [0.15, 0.2) is 24.8 Å². The Morgan fingerprint density at radius 1 is 1.55 bits per heavy atom. The summed E-state index contributed by atoms with van der Waals surface area (Å²) in [5.74, 6) is 0.0646. The number of anilines is 1. The summed E-state index contributed by atoms with van der Waals surface area (Å²) >= 11 is 0. The first-order chi connectivity index (χ1) is 5.13. The van der Waals surface area contributed by atoms with Crippen LogP contribution in [-0.4, -0.2) is 5.11 Å². The third-order valence-electron chi connectivity index (χ3n) is 1.69. The molecule has 0 aliphatic heterocycles. The van der Waals surface area contributed by atoms with Gasteiger partial charge in [-0.05, 0) is 18.6 Å². The second kappa shape index (κ2) is 2.66. The third kappa shape index (κ3) is 1.34. The summed E-state index contributed by atoms with van der Waals surface area (Å²) in [6.07, 6.45) is 0. The molecule has 11 heavy (non-hydrogen) atoms. The molecule has 2 nitrogen and oxygen atoms in total. The van der Waals surface area contributed by atoms with E-state index in [1.54, 1.807) is 18.2 Å². The molecule has 0 saturated carbocycles. The van der Waals surface area contributed by atoms with Crippen molar-refractivity contribution in [1.29, 1.82) is 0 Å². The maximum atomic E-state index is 9.08. The van der Waals surface area contributed by atoms with E-state index in [9.17, 15) is 0 Å². The summed E-state index contributed by atoms with van der Waals surface area (Å²) in [6.45, 7) is 5.28. The highest BCUT2D eigenvalue weighted by Crippen LogP contribution is 2.19. The number of hydrogen-bond donors (Lipinski definition) is 2. The Morgan fingerprint density at radius 2 is 2.18 bits per heavy atom. The van der Waals surface area contributed by atoms with E-state index in [-0.39, 0.29) is 5.76 Å². The van der Waals surface area contributed by atoms with Gasteiger partial charge in [0.1, 0.15) is 5.76 Å². The number of aliphatic hydroxyl groups is 1. The fourth-order valence-corrected chi connectivity index (χ4v) is 0.966. The second-order valence-electron chi connectivity index (χ2n) is 2.47. The van der Waals surface area contributed by atoms with Crippen molar-refractivity contribution in [2.75, 3.05) is 5.73 Å². The maximum Gasteiger partial charge on any atom is 0.115 e. The first-order valence-corrected chi connectivity index (χ1v) is 3.36. The smallest absolute Gasteiger partial charge is 0.115 e. The molecule has 0 aliphatic carbocycles. The predicted octanol–water partition coefficient (Wildman–Crippen LogP) is 2.11. The van der Waals surface area contributed by atoms with Crippen LogP contribution in [0.3, 0.4) is 0 Å². The third-order valence-corrected chi connectivity index (χ3v) is 1.69. The highest BCUT2D eigenvalue weighted by molar-refractivity contribution is 5.65. The number of nitrogen functional groups attached to an aromatic ring is 1. The summed E-state index contributed by atoms with van der Waals surface area (Å²) in [7, 11) is 0. The molecule has 1 rings (SSSR count). The molecule has 0 aromatic heterocycles. The molecule has 1 aromatic rings. The van der Waals surface area contributed by atoms with Crippen LogP contribution >= 0.6 is 0 Å². The lowest BCUT2D eigenvalue weighted by atomic mass is 10.1. The average molecular weight is 149 g/mol. The van der Waals surface area contributed by atoms with Crippen LogP contribution in [0.1, 0.15) is 11.1 Å². The molecule has 2 heteroatoms. The van der Waals surface area contributed by atoms with Crippen molar-refractivity contribution in [1.82, 2.24) is 0 Å². The van der Waals surface area contributed by atoms with Gasteiger partial charge in [-0.2, -0.15) is 0 Å². The SMILES string of the molecule is C=C(O)c1cccc(N)c1C. The Kier molecular flexibility index (Phi) is 1.85. The highest BCUT2D eigenvalue weighted by atomic mass is 16.3. The van der Waals surface area contributed by atoms with Gasteiger partial charge in [-0.3, -0.25) is 0 Å². The second-order valence-corrected chi connectivity index (χ2v) is 2.47. The Balaban J connectivity index is 3.27.